The Bertz CT molecular complexity index is 284. The Morgan fingerprint density at radius 2 is 2.05 bits per heavy atom. The van der Waals surface area contributed by atoms with Crippen LogP contribution in [0.1, 0.15) is 39.0 Å². The topological polar surface area (TPSA) is 48.9 Å². The Morgan fingerprint density at radius 1 is 1.20 bits per heavy atom. The van der Waals surface area contributed by atoms with E-state index in [0.717, 1.165) is 45.2 Å². The molecule has 1 unspecified atom stereocenters. The van der Waals surface area contributed by atoms with Crippen LogP contribution in [0.2, 0.25) is 0 Å². The minimum Gasteiger partial charge on any atom is -0.376 e. The molecule has 0 aromatic rings. The minimum absolute atomic E-state index is 0.326. The van der Waals surface area contributed by atoms with E-state index in [1.807, 2.05) is 0 Å². The Morgan fingerprint density at radius 3 is 2.75 bits per heavy atom. The third-order valence-corrected chi connectivity index (χ3v) is 3.99. The van der Waals surface area contributed by atoms with E-state index in [-0.39, 0.29) is 0 Å². The van der Waals surface area contributed by atoms with Crippen LogP contribution in [-0.2, 0) is 4.74 Å². The van der Waals surface area contributed by atoms with Gasteiger partial charge in [-0.2, -0.15) is 0 Å². The molecule has 2 fully saturated rings. The molecule has 5 heteroatoms. The molecule has 0 bridgehead atoms. The molecule has 0 radical (unpaired) electrons. The molecule has 1 atom stereocenters. The normalized spacial score (nSPS) is 24.9. The van der Waals surface area contributed by atoms with Crippen molar-refractivity contribution in [3.63, 3.8) is 0 Å². The SMILES string of the molecule is CCNC(=NCC1CCCO1)NCCN1CCCCC1. The number of hydrogen-bond acceptors (Lipinski definition) is 3. The largest absolute Gasteiger partial charge is 0.376 e. The summed E-state index contributed by atoms with van der Waals surface area (Å²) in [6, 6.07) is 0. The number of ether oxygens (including phenoxy) is 1. The van der Waals surface area contributed by atoms with Gasteiger partial charge in [0.2, 0.25) is 0 Å². The lowest BCUT2D eigenvalue weighted by atomic mass is 10.1. The first-order valence-corrected chi connectivity index (χ1v) is 8.24. The first-order valence-electron chi connectivity index (χ1n) is 8.24. The number of rotatable bonds is 6. The summed E-state index contributed by atoms with van der Waals surface area (Å²) >= 11 is 0. The van der Waals surface area contributed by atoms with Crippen LogP contribution >= 0.6 is 0 Å². The smallest absolute Gasteiger partial charge is 0.191 e. The van der Waals surface area contributed by atoms with Crippen LogP contribution in [0.3, 0.4) is 0 Å². The number of aliphatic imine (C=N–C) groups is 1. The first-order chi connectivity index (χ1) is 9.88. The van der Waals surface area contributed by atoms with Crippen molar-refractivity contribution < 1.29 is 4.74 Å². The maximum Gasteiger partial charge on any atom is 0.191 e. The van der Waals surface area contributed by atoms with Crippen LogP contribution in [-0.4, -0.2) is 62.8 Å². The van der Waals surface area contributed by atoms with Crippen molar-refractivity contribution in [2.24, 2.45) is 4.99 Å². The summed E-state index contributed by atoms with van der Waals surface area (Å²) in [5.41, 5.74) is 0. The molecule has 2 N–H and O–H groups in total. The number of nitrogens with zero attached hydrogens (tertiary/aromatic N) is 2. The summed E-state index contributed by atoms with van der Waals surface area (Å²) in [4.78, 5) is 7.17. The van der Waals surface area contributed by atoms with Gasteiger partial charge in [0.1, 0.15) is 0 Å². The lowest BCUT2D eigenvalue weighted by Crippen LogP contribution is -2.43. The molecule has 0 aliphatic carbocycles. The van der Waals surface area contributed by atoms with Gasteiger partial charge in [0.15, 0.2) is 5.96 Å². The summed E-state index contributed by atoms with van der Waals surface area (Å²) in [7, 11) is 0. The van der Waals surface area contributed by atoms with Gasteiger partial charge in [0.25, 0.3) is 0 Å². The van der Waals surface area contributed by atoms with Gasteiger partial charge in [0.05, 0.1) is 12.6 Å². The second kappa shape index (κ2) is 9.19. The lowest BCUT2D eigenvalue weighted by Gasteiger charge is -2.26. The van der Waals surface area contributed by atoms with Gasteiger partial charge in [0, 0.05) is 26.2 Å². The highest BCUT2D eigenvalue weighted by Crippen LogP contribution is 2.11. The van der Waals surface area contributed by atoms with Crippen LogP contribution in [0.15, 0.2) is 4.99 Å². The van der Waals surface area contributed by atoms with Crippen molar-refractivity contribution in [1.29, 1.82) is 0 Å². The van der Waals surface area contributed by atoms with Gasteiger partial charge in [-0.3, -0.25) is 4.99 Å². The quantitative estimate of drug-likeness (QED) is 0.568. The molecule has 0 saturated carbocycles. The fourth-order valence-corrected chi connectivity index (χ4v) is 2.84. The van der Waals surface area contributed by atoms with Gasteiger partial charge in [-0.1, -0.05) is 6.42 Å². The zero-order valence-corrected chi connectivity index (χ0v) is 12.9. The molecule has 0 aromatic heterocycles. The first kappa shape index (κ1) is 15.6. The van der Waals surface area contributed by atoms with Gasteiger partial charge in [-0.15, -0.1) is 0 Å². The fraction of sp³-hybridized carbons (Fsp3) is 0.933. The average Bonchev–Trinajstić information content (AvgIpc) is 2.99. The Balaban J connectivity index is 1.66. The second-order valence-electron chi connectivity index (χ2n) is 5.68. The highest BCUT2D eigenvalue weighted by atomic mass is 16.5. The van der Waals surface area contributed by atoms with E-state index in [4.69, 9.17) is 4.74 Å². The molecule has 20 heavy (non-hydrogen) atoms. The molecule has 5 nitrogen and oxygen atoms in total. The zero-order chi connectivity index (χ0) is 14.0. The third kappa shape index (κ3) is 5.67. The van der Waals surface area contributed by atoms with E-state index in [1.54, 1.807) is 0 Å². The molecule has 2 rings (SSSR count). The molecule has 2 aliphatic heterocycles. The molecule has 0 amide bonds. The average molecular weight is 282 g/mol. The van der Waals surface area contributed by atoms with E-state index in [1.165, 1.54) is 38.8 Å². The van der Waals surface area contributed by atoms with Crippen molar-refractivity contribution in [1.82, 2.24) is 15.5 Å². The highest BCUT2D eigenvalue weighted by Gasteiger charge is 2.15. The van der Waals surface area contributed by atoms with Crippen LogP contribution in [0.4, 0.5) is 0 Å². The standard InChI is InChI=1S/C15H30N4O/c1-2-16-15(18-13-14-7-6-12-20-14)17-8-11-19-9-4-3-5-10-19/h14H,2-13H2,1H3,(H2,16,17,18). The molecule has 2 heterocycles. The molecule has 2 aliphatic rings. The summed E-state index contributed by atoms with van der Waals surface area (Å²) in [6.45, 7) is 9.28. The fourth-order valence-electron chi connectivity index (χ4n) is 2.84. The van der Waals surface area contributed by atoms with Crippen LogP contribution < -0.4 is 10.6 Å². The predicted octanol–water partition coefficient (Wildman–Crippen LogP) is 1.21. The molecule has 0 spiro atoms. The van der Waals surface area contributed by atoms with Gasteiger partial charge >= 0.3 is 0 Å². The van der Waals surface area contributed by atoms with Crippen LogP contribution in [0.5, 0.6) is 0 Å². The third-order valence-electron chi connectivity index (χ3n) is 3.99. The van der Waals surface area contributed by atoms with Crippen molar-refractivity contribution in [2.75, 3.05) is 45.9 Å². The van der Waals surface area contributed by atoms with Gasteiger partial charge in [-0.05, 0) is 45.7 Å². The van der Waals surface area contributed by atoms with E-state index in [0.29, 0.717) is 6.10 Å². The Labute approximate surface area is 123 Å². The second-order valence-corrected chi connectivity index (χ2v) is 5.68. The number of piperidine rings is 1. The molecular weight excluding hydrogens is 252 g/mol. The van der Waals surface area contributed by atoms with Crippen molar-refractivity contribution in [3.8, 4) is 0 Å². The van der Waals surface area contributed by atoms with E-state index < -0.39 is 0 Å². The Hall–Kier alpha value is -0.810. The molecule has 2 saturated heterocycles. The van der Waals surface area contributed by atoms with Gasteiger partial charge in [-0.25, -0.2) is 0 Å². The highest BCUT2D eigenvalue weighted by molar-refractivity contribution is 5.79. The predicted molar refractivity (Wildman–Crippen MR) is 83.2 cm³/mol. The van der Waals surface area contributed by atoms with E-state index in [9.17, 15) is 0 Å². The number of guanidine groups is 1. The van der Waals surface area contributed by atoms with Crippen molar-refractivity contribution in [3.05, 3.63) is 0 Å². The minimum atomic E-state index is 0.326. The monoisotopic (exact) mass is 282 g/mol. The Kier molecular flexibility index (Phi) is 7.15. The van der Waals surface area contributed by atoms with Crippen LogP contribution in [0, 0.1) is 0 Å². The molecular formula is C15H30N4O. The zero-order valence-electron chi connectivity index (χ0n) is 12.9. The number of nitrogens with one attached hydrogen (secondary N) is 2. The van der Waals surface area contributed by atoms with E-state index in [2.05, 4.69) is 27.4 Å². The number of likely N-dealkylation sites (tertiary alicyclic amines) is 1. The lowest BCUT2D eigenvalue weighted by molar-refractivity contribution is 0.117. The molecule has 116 valence electrons. The van der Waals surface area contributed by atoms with Gasteiger partial charge < -0.3 is 20.3 Å². The number of hydrogen-bond donors (Lipinski definition) is 2. The van der Waals surface area contributed by atoms with Crippen molar-refractivity contribution in [2.45, 2.75) is 45.1 Å². The summed E-state index contributed by atoms with van der Waals surface area (Å²) < 4.78 is 5.61. The van der Waals surface area contributed by atoms with E-state index >= 15 is 0 Å². The summed E-state index contributed by atoms with van der Waals surface area (Å²) in [6.07, 6.45) is 6.76. The van der Waals surface area contributed by atoms with Crippen LogP contribution in [0.25, 0.3) is 0 Å². The maximum atomic E-state index is 5.61. The van der Waals surface area contributed by atoms with Crippen molar-refractivity contribution >= 4 is 5.96 Å². The summed E-state index contributed by atoms with van der Waals surface area (Å²) in [5.74, 6) is 0.931. The molecule has 0 aromatic carbocycles. The summed E-state index contributed by atoms with van der Waals surface area (Å²) in [5, 5.41) is 6.74. The maximum absolute atomic E-state index is 5.61.